The van der Waals surface area contributed by atoms with E-state index in [1.807, 2.05) is 49.1 Å². The monoisotopic (exact) mass is 380 g/mol. The van der Waals surface area contributed by atoms with E-state index >= 15 is 0 Å². The molecule has 8 heteroatoms. The van der Waals surface area contributed by atoms with Crippen molar-refractivity contribution in [1.29, 1.82) is 0 Å². The highest BCUT2D eigenvalue weighted by Gasteiger charge is 2.24. The molecule has 1 aliphatic rings. The lowest BCUT2D eigenvalue weighted by Crippen LogP contribution is -2.49. The van der Waals surface area contributed by atoms with Crippen molar-refractivity contribution < 1.29 is 9.32 Å². The van der Waals surface area contributed by atoms with E-state index < -0.39 is 0 Å². The highest BCUT2D eigenvalue weighted by atomic mass is 16.5. The fourth-order valence-corrected chi connectivity index (χ4v) is 3.44. The summed E-state index contributed by atoms with van der Waals surface area (Å²) in [7, 11) is 0. The SMILES string of the molecule is CCNc1cc(C)nc(N2CCN(C(=O)Cc3noc4ccccc34)CC2)n1. The molecule has 146 valence electrons. The van der Waals surface area contributed by atoms with Crippen LogP contribution in [0.4, 0.5) is 11.8 Å². The van der Waals surface area contributed by atoms with Crippen LogP contribution < -0.4 is 10.2 Å². The second kappa shape index (κ2) is 7.84. The number of hydrogen-bond donors (Lipinski definition) is 1. The lowest BCUT2D eigenvalue weighted by Gasteiger charge is -2.35. The first-order chi connectivity index (χ1) is 13.6. The van der Waals surface area contributed by atoms with Crippen molar-refractivity contribution in [3.63, 3.8) is 0 Å². The van der Waals surface area contributed by atoms with Gasteiger partial charge in [-0.05, 0) is 26.0 Å². The second-order valence-corrected chi connectivity index (χ2v) is 6.89. The Morgan fingerprint density at radius 2 is 1.96 bits per heavy atom. The number of nitrogens with zero attached hydrogens (tertiary/aromatic N) is 5. The number of amides is 1. The predicted octanol–water partition coefficient (Wildman–Crippen LogP) is 2.25. The van der Waals surface area contributed by atoms with E-state index in [1.54, 1.807) is 0 Å². The summed E-state index contributed by atoms with van der Waals surface area (Å²) >= 11 is 0. The van der Waals surface area contributed by atoms with Gasteiger partial charge in [-0.15, -0.1) is 0 Å². The third-order valence-corrected chi connectivity index (χ3v) is 4.89. The normalized spacial score (nSPS) is 14.5. The van der Waals surface area contributed by atoms with Gasteiger partial charge in [0.15, 0.2) is 5.58 Å². The highest BCUT2D eigenvalue weighted by Crippen LogP contribution is 2.20. The maximum atomic E-state index is 12.7. The first-order valence-electron chi connectivity index (χ1n) is 9.59. The second-order valence-electron chi connectivity index (χ2n) is 6.89. The summed E-state index contributed by atoms with van der Waals surface area (Å²) in [5, 5.41) is 8.21. The Morgan fingerprint density at radius 3 is 2.75 bits per heavy atom. The van der Waals surface area contributed by atoms with Crippen molar-refractivity contribution in [3.05, 3.63) is 41.7 Å². The summed E-state index contributed by atoms with van der Waals surface area (Å²) in [6, 6.07) is 9.56. The summed E-state index contributed by atoms with van der Waals surface area (Å²) in [5.74, 6) is 1.61. The van der Waals surface area contributed by atoms with Crippen molar-refractivity contribution in [1.82, 2.24) is 20.0 Å². The zero-order valence-electron chi connectivity index (χ0n) is 16.2. The maximum absolute atomic E-state index is 12.7. The summed E-state index contributed by atoms with van der Waals surface area (Å²) in [5.41, 5.74) is 2.33. The molecule has 0 aliphatic carbocycles. The number of para-hydroxylation sites is 1. The number of aryl methyl sites for hydroxylation is 1. The summed E-state index contributed by atoms with van der Waals surface area (Å²) < 4.78 is 5.30. The topological polar surface area (TPSA) is 87.4 Å². The summed E-state index contributed by atoms with van der Waals surface area (Å²) in [6.07, 6.45) is 0.253. The van der Waals surface area contributed by atoms with Crippen LogP contribution in [-0.2, 0) is 11.2 Å². The summed E-state index contributed by atoms with van der Waals surface area (Å²) in [4.78, 5) is 25.9. The van der Waals surface area contributed by atoms with Gasteiger partial charge in [0.05, 0.1) is 6.42 Å². The predicted molar refractivity (Wildman–Crippen MR) is 107 cm³/mol. The molecule has 0 unspecified atom stereocenters. The molecule has 28 heavy (non-hydrogen) atoms. The Labute approximate surface area is 163 Å². The van der Waals surface area contributed by atoms with Gasteiger partial charge < -0.3 is 19.6 Å². The first-order valence-corrected chi connectivity index (χ1v) is 9.59. The Bertz CT molecular complexity index is 978. The molecule has 1 aromatic carbocycles. The van der Waals surface area contributed by atoms with Crippen LogP contribution in [0.2, 0.25) is 0 Å². The minimum atomic E-state index is 0.0669. The molecule has 3 aromatic rings. The molecule has 8 nitrogen and oxygen atoms in total. The van der Waals surface area contributed by atoms with Crippen molar-refractivity contribution in [3.8, 4) is 0 Å². The molecule has 1 fully saturated rings. The van der Waals surface area contributed by atoms with Crippen molar-refractivity contribution in [2.24, 2.45) is 0 Å². The number of carbonyl (C=O) groups excluding carboxylic acids is 1. The average Bonchev–Trinajstić information content (AvgIpc) is 3.11. The zero-order chi connectivity index (χ0) is 19.5. The lowest BCUT2D eigenvalue weighted by atomic mass is 10.1. The number of benzene rings is 1. The number of nitrogens with one attached hydrogen (secondary N) is 1. The standard InChI is InChI=1S/C20H24N6O2/c1-3-21-18-12-14(2)22-20(23-18)26-10-8-25(9-11-26)19(27)13-16-15-6-4-5-7-17(15)28-24-16/h4-7,12H,3,8-11,13H2,1-2H3,(H,21,22,23). The molecular weight excluding hydrogens is 356 g/mol. The zero-order valence-corrected chi connectivity index (χ0v) is 16.2. The van der Waals surface area contributed by atoms with E-state index in [9.17, 15) is 4.79 Å². The molecule has 3 heterocycles. The number of anilines is 2. The van der Waals surface area contributed by atoms with Crippen LogP contribution in [0, 0.1) is 6.92 Å². The number of hydrogen-bond acceptors (Lipinski definition) is 7. The van der Waals surface area contributed by atoms with Gasteiger partial charge in [0, 0.05) is 49.9 Å². The number of piperazine rings is 1. The molecule has 2 aromatic heterocycles. The van der Waals surface area contributed by atoms with Crippen LogP contribution in [0.3, 0.4) is 0 Å². The first kappa shape index (κ1) is 18.2. The smallest absolute Gasteiger partial charge is 0.228 e. The molecule has 0 bridgehead atoms. The quantitative estimate of drug-likeness (QED) is 0.726. The Morgan fingerprint density at radius 1 is 1.18 bits per heavy atom. The van der Waals surface area contributed by atoms with Crippen LogP contribution in [0.5, 0.6) is 0 Å². The van der Waals surface area contributed by atoms with Crippen LogP contribution in [0.15, 0.2) is 34.9 Å². The van der Waals surface area contributed by atoms with Gasteiger partial charge in [-0.1, -0.05) is 17.3 Å². The van der Waals surface area contributed by atoms with E-state index in [2.05, 4.69) is 25.3 Å². The molecule has 0 spiro atoms. The summed E-state index contributed by atoms with van der Waals surface area (Å²) in [6.45, 7) is 7.52. The minimum Gasteiger partial charge on any atom is -0.370 e. The maximum Gasteiger partial charge on any atom is 0.228 e. The van der Waals surface area contributed by atoms with Gasteiger partial charge in [0.25, 0.3) is 0 Å². The Hall–Kier alpha value is -3.16. The van der Waals surface area contributed by atoms with Crippen LogP contribution in [0.25, 0.3) is 11.0 Å². The lowest BCUT2D eigenvalue weighted by molar-refractivity contribution is -0.130. The number of aromatic nitrogens is 3. The minimum absolute atomic E-state index is 0.0669. The molecular formula is C20H24N6O2. The number of carbonyl (C=O) groups is 1. The number of fused-ring (bicyclic) bond motifs is 1. The van der Waals surface area contributed by atoms with Crippen LogP contribution in [-0.4, -0.2) is 58.7 Å². The molecule has 0 radical (unpaired) electrons. The van der Waals surface area contributed by atoms with Crippen molar-refractivity contribution >= 4 is 28.6 Å². The Kier molecular flexibility index (Phi) is 5.10. The van der Waals surface area contributed by atoms with Gasteiger partial charge >= 0.3 is 0 Å². The highest BCUT2D eigenvalue weighted by molar-refractivity contribution is 5.86. The fourth-order valence-electron chi connectivity index (χ4n) is 3.44. The van der Waals surface area contributed by atoms with E-state index in [-0.39, 0.29) is 12.3 Å². The van der Waals surface area contributed by atoms with Gasteiger partial charge in [0.2, 0.25) is 11.9 Å². The molecule has 4 rings (SSSR count). The Balaban J connectivity index is 1.39. The van der Waals surface area contributed by atoms with E-state index in [0.717, 1.165) is 23.4 Å². The molecule has 0 atom stereocenters. The van der Waals surface area contributed by atoms with Gasteiger partial charge in [0.1, 0.15) is 11.5 Å². The molecule has 1 aliphatic heterocycles. The average molecular weight is 380 g/mol. The van der Waals surface area contributed by atoms with Crippen LogP contribution in [0.1, 0.15) is 18.3 Å². The third-order valence-electron chi connectivity index (χ3n) is 4.89. The van der Waals surface area contributed by atoms with Gasteiger partial charge in [-0.25, -0.2) is 4.98 Å². The molecule has 1 amide bonds. The molecule has 0 saturated carbocycles. The van der Waals surface area contributed by atoms with Crippen LogP contribution >= 0.6 is 0 Å². The fraction of sp³-hybridized carbons (Fsp3) is 0.400. The van der Waals surface area contributed by atoms with Gasteiger partial charge in [-0.2, -0.15) is 4.98 Å². The van der Waals surface area contributed by atoms with E-state index in [0.29, 0.717) is 43.4 Å². The van der Waals surface area contributed by atoms with E-state index in [4.69, 9.17) is 4.52 Å². The molecule has 1 N–H and O–H groups in total. The van der Waals surface area contributed by atoms with E-state index in [1.165, 1.54) is 0 Å². The van der Waals surface area contributed by atoms with Crippen molar-refractivity contribution in [2.45, 2.75) is 20.3 Å². The van der Waals surface area contributed by atoms with Crippen molar-refractivity contribution in [2.75, 3.05) is 42.9 Å². The molecule has 1 saturated heterocycles. The van der Waals surface area contributed by atoms with Gasteiger partial charge in [-0.3, -0.25) is 4.79 Å². The third kappa shape index (κ3) is 3.76. The largest absolute Gasteiger partial charge is 0.370 e. The number of rotatable bonds is 5.